The van der Waals surface area contributed by atoms with Crippen molar-refractivity contribution in [3.8, 4) is 0 Å². The number of anilines is 1. The molecule has 29 heavy (non-hydrogen) atoms. The van der Waals surface area contributed by atoms with Gasteiger partial charge in [0.2, 0.25) is 5.91 Å². The van der Waals surface area contributed by atoms with Crippen LogP contribution in [0.25, 0.3) is 10.9 Å². The van der Waals surface area contributed by atoms with Crippen molar-refractivity contribution in [3.63, 3.8) is 0 Å². The molecule has 3 aromatic rings. The van der Waals surface area contributed by atoms with Crippen molar-refractivity contribution in [3.05, 3.63) is 65.2 Å². The van der Waals surface area contributed by atoms with Crippen LogP contribution in [0.2, 0.25) is 0 Å². The summed E-state index contributed by atoms with van der Waals surface area (Å²) in [6, 6.07) is 15.3. The van der Waals surface area contributed by atoms with Crippen LogP contribution < -0.4 is 10.6 Å². The number of amides is 1. The van der Waals surface area contributed by atoms with E-state index in [1.165, 1.54) is 5.56 Å². The minimum Gasteiger partial charge on any atom is -0.366 e. The van der Waals surface area contributed by atoms with Crippen molar-refractivity contribution in [1.29, 1.82) is 0 Å². The smallest absolute Gasteiger partial charge is 0.248 e. The van der Waals surface area contributed by atoms with Crippen LogP contribution in [0.5, 0.6) is 0 Å². The van der Waals surface area contributed by atoms with Crippen molar-refractivity contribution in [2.75, 3.05) is 24.7 Å². The number of fused-ring (bicyclic) bond motifs is 1. The second-order valence-corrected chi connectivity index (χ2v) is 7.65. The number of nitrogens with zero attached hydrogens (tertiary/aromatic N) is 1. The number of hydrogen-bond acceptors (Lipinski definition) is 3. The molecule has 1 saturated heterocycles. The number of ketones is 1. The molecule has 1 aromatic heterocycles. The molecular weight excluding hydrogens is 369 g/mol. The van der Waals surface area contributed by atoms with Crippen LogP contribution in [0, 0.1) is 5.92 Å². The van der Waals surface area contributed by atoms with E-state index in [9.17, 15) is 14.0 Å². The molecule has 1 amide bonds. The number of carbonyl (C=O) groups excluding carboxylic acids is 2. The monoisotopic (exact) mass is 393 g/mol. The van der Waals surface area contributed by atoms with Gasteiger partial charge < -0.3 is 15.6 Å². The second kappa shape index (κ2) is 8.07. The Morgan fingerprint density at radius 1 is 1.10 bits per heavy atom. The standard InChI is InChI=1S/C23H24FN3O2/c24-14-20(28)21-18-13-17(22(25)29)6-7-19(18)26-23(21)27-10-8-16(9-11-27)12-15-4-2-1-3-5-15/h1-7,13,16,26H,8-12,14H2,(H2,25,29). The van der Waals surface area contributed by atoms with Gasteiger partial charge in [0.25, 0.3) is 0 Å². The summed E-state index contributed by atoms with van der Waals surface area (Å²) in [6.45, 7) is 0.504. The van der Waals surface area contributed by atoms with Crippen LogP contribution in [0.3, 0.4) is 0 Å². The molecule has 2 heterocycles. The SMILES string of the molecule is NC(=O)c1ccc2[nH]c(N3CCC(Cc4ccccc4)CC3)c(C(=O)CF)c2c1. The highest BCUT2D eigenvalue weighted by atomic mass is 19.1. The molecule has 4 rings (SSSR count). The molecular formula is C23H24FN3O2. The van der Waals surface area contributed by atoms with Gasteiger partial charge in [-0.25, -0.2) is 4.39 Å². The molecule has 150 valence electrons. The van der Waals surface area contributed by atoms with Crippen molar-refractivity contribution >= 4 is 28.4 Å². The minimum atomic E-state index is -1.08. The first-order valence-electron chi connectivity index (χ1n) is 9.90. The fraction of sp³-hybridized carbons (Fsp3) is 0.304. The summed E-state index contributed by atoms with van der Waals surface area (Å²) in [5.41, 5.74) is 8.03. The van der Waals surface area contributed by atoms with Gasteiger partial charge in [-0.2, -0.15) is 0 Å². The maximum Gasteiger partial charge on any atom is 0.248 e. The molecule has 0 aliphatic carbocycles. The van der Waals surface area contributed by atoms with Gasteiger partial charge in [0, 0.05) is 29.6 Å². The first kappa shape index (κ1) is 19.2. The fourth-order valence-electron chi connectivity index (χ4n) is 4.23. The number of hydrogen-bond donors (Lipinski definition) is 2. The number of carbonyl (C=O) groups is 2. The van der Waals surface area contributed by atoms with E-state index in [1.54, 1.807) is 18.2 Å². The van der Waals surface area contributed by atoms with Crippen molar-refractivity contribution in [2.24, 2.45) is 11.7 Å². The number of primary amides is 1. The van der Waals surface area contributed by atoms with E-state index in [4.69, 9.17) is 5.73 Å². The van der Waals surface area contributed by atoms with Gasteiger partial charge in [-0.1, -0.05) is 30.3 Å². The topological polar surface area (TPSA) is 79.2 Å². The fourth-order valence-corrected chi connectivity index (χ4v) is 4.23. The lowest BCUT2D eigenvalue weighted by Gasteiger charge is -2.33. The van der Waals surface area contributed by atoms with E-state index in [2.05, 4.69) is 34.1 Å². The number of nitrogens with two attached hydrogens (primary N) is 1. The molecule has 1 fully saturated rings. The van der Waals surface area contributed by atoms with E-state index < -0.39 is 18.4 Å². The predicted octanol–water partition coefficient (Wildman–Crippen LogP) is 3.88. The number of benzene rings is 2. The highest BCUT2D eigenvalue weighted by molar-refractivity contribution is 6.14. The molecule has 0 atom stereocenters. The predicted molar refractivity (Wildman–Crippen MR) is 112 cm³/mol. The summed E-state index contributed by atoms with van der Waals surface area (Å²) in [6.07, 6.45) is 3.04. The molecule has 0 spiro atoms. The summed E-state index contributed by atoms with van der Waals surface area (Å²) < 4.78 is 13.3. The zero-order chi connectivity index (χ0) is 20.4. The average molecular weight is 393 g/mol. The molecule has 0 saturated carbocycles. The van der Waals surface area contributed by atoms with Crippen LogP contribution >= 0.6 is 0 Å². The lowest BCUT2D eigenvalue weighted by Crippen LogP contribution is -2.35. The van der Waals surface area contributed by atoms with E-state index >= 15 is 0 Å². The van der Waals surface area contributed by atoms with Gasteiger partial charge in [0.15, 0.2) is 12.5 Å². The van der Waals surface area contributed by atoms with Gasteiger partial charge in [0.05, 0.1) is 5.56 Å². The van der Waals surface area contributed by atoms with Gasteiger partial charge >= 0.3 is 0 Å². The summed E-state index contributed by atoms with van der Waals surface area (Å²) in [5.74, 6) is 0.0663. The van der Waals surface area contributed by atoms with Gasteiger partial charge in [0.1, 0.15) is 5.82 Å². The number of alkyl halides is 1. The number of piperidine rings is 1. The maximum atomic E-state index is 13.3. The van der Waals surface area contributed by atoms with Crippen LogP contribution in [-0.2, 0) is 6.42 Å². The first-order valence-corrected chi connectivity index (χ1v) is 9.90. The number of rotatable bonds is 6. The normalized spacial score (nSPS) is 15.0. The van der Waals surface area contributed by atoms with Crippen LogP contribution in [0.4, 0.5) is 10.2 Å². The van der Waals surface area contributed by atoms with Crippen molar-refractivity contribution in [1.82, 2.24) is 4.98 Å². The molecule has 1 aliphatic rings. The molecule has 0 radical (unpaired) electrons. The molecule has 1 aliphatic heterocycles. The third-order valence-corrected chi connectivity index (χ3v) is 5.76. The zero-order valence-corrected chi connectivity index (χ0v) is 16.2. The average Bonchev–Trinajstić information content (AvgIpc) is 3.13. The summed E-state index contributed by atoms with van der Waals surface area (Å²) >= 11 is 0. The Kier molecular flexibility index (Phi) is 5.34. The number of nitrogens with one attached hydrogen (secondary N) is 1. The number of aromatic amines is 1. The van der Waals surface area contributed by atoms with Gasteiger partial charge in [-0.05, 0) is 48.9 Å². The zero-order valence-electron chi connectivity index (χ0n) is 16.2. The van der Waals surface area contributed by atoms with Crippen LogP contribution in [0.15, 0.2) is 48.5 Å². The number of H-pyrrole nitrogens is 1. The minimum absolute atomic E-state index is 0.303. The summed E-state index contributed by atoms with van der Waals surface area (Å²) in [4.78, 5) is 29.3. The van der Waals surface area contributed by atoms with E-state index in [-0.39, 0.29) is 0 Å². The third kappa shape index (κ3) is 3.88. The first-order chi connectivity index (χ1) is 14.1. The Morgan fingerprint density at radius 3 is 2.48 bits per heavy atom. The van der Waals surface area contributed by atoms with Gasteiger partial charge in [-0.15, -0.1) is 0 Å². The Hall–Kier alpha value is -3.15. The summed E-state index contributed by atoms with van der Waals surface area (Å²) in [5, 5.41) is 0.547. The Bertz CT molecular complexity index is 1040. The largest absolute Gasteiger partial charge is 0.366 e. The molecule has 0 unspecified atom stereocenters. The van der Waals surface area contributed by atoms with Crippen LogP contribution in [-0.4, -0.2) is 36.4 Å². The lowest BCUT2D eigenvalue weighted by atomic mass is 9.90. The van der Waals surface area contributed by atoms with Gasteiger partial charge in [-0.3, -0.25) is 9.59 Å². The number of halogens is 1. The lowest BCUT2D eigenvalue weighted by molar-refractivity contribution is 0.0958. The van der Waals surface area contributed by atoms with Crippen molar-refractivity contribution in [2.45, 2.75) is 19.3 Å². The molecule has 6 heteroatoms. The third-order valence-electron chi connectivity index (χ3n) is 5.76. The highest BCUT2D eigenvalue weighted by Gasteiger charge is 2.26. The molecule has 5 nitrogen and oxygen atoms in total. The Labute approximate surface area is 168 Å². The van der Waals surface area contributed by atoms with E-state index in [0.29, 0.717) is 33.8 Å². The number of aromatic nitrogens is 1. The highest BCUT2D eigenvalue weighted by Crippen LogP contribution is 2.33. The summed E-state index contributed by atoms with van der Waals surface area (Å²) in [7, 11) is 0. The Balaban J connectivity index is 1.59. The van der Waals surface area contributed by atoms with Crippen molar-refractivity contribution < 1.29 is 14.0 Å². The Morgan fingerprint density at radius 2 is 1.83 bits per heavy atom. The second-order valence-electron chi connectivity index (χ2n) is 7.65. The number of Topliss-reactive ketones (excluding diaryl/α,β-unsaturated/α-hetero) is 1. The van der Waals surface area contributed by atoms with Crippen LogP contribution in [0.1, 0.15) is 39.1 Å². The van der Waals surface area contributed by atoms with E-state index in [1.807, 2.05) is 6.07 Å². The maximum absolute atomic E-state index is 13.3. The molecule has 3 N–H and O–H groups in total. The van der Waals surface area contributed by atoms with E-state index in [0.717, 1.165) is 32.4 Å². The molecule has 0 bridgehead atoms. The molecule has 2 aromatic carbocycles. The quantitative estimate of drug-likeness (QED) is 0.624.